The van der Waals surface area contributed by atoms with Gasteiger partial charge in [-0.3, -0.25) is 4.68 Å². The van der Waals surface area contributed by atoms with Crippen molar-refractivity contribution in [2.45, 2.75) is 113 Å². The monoisotopic (exact) mass is 446 g/mol. The molecule has 0 saturated heterocycles. The second-order valence-corrected chi connectivity index (χ2v) is 11.0. The minimum absolute atomic E-state index is 0.00222. The predicted octanol–water partition coefficient (Wildman–Crippen LogP) is 5.86. The molecule has 0 radical (unpaired) electrons. The van der Waals surface area contributed by atoms with Crippen LogP contribution in [-0.2, 0) is 22.8 Å². The van der Waals surface area contributed by atoms with Crippen LogP contribution in [0.1, 0.15) is 104 Å². The van der Waals surface area contributed by atoms with E-state index < -0.39 is 0 Å². The molecule has 0 aromatic carbocycles. The number of aromatic nitrogens is 6. The van der Waals surface area contributed by atoms with Gasteiger partial charge in [-0.1, -0.05) is 72.6 Å². The van der Waals surface area contributed by atoms with Crippen LogP contribution in [0.4, 0.5) is 0 Å². The molecule has 0 saturated carbocycles. The second kappa shape index (κ2) is 10.4. The zero-order chi connectivity index (χ0) is 24.9. The fourth-order valence-electron chi connectivity index (χ4n) is 2.71. The van der Waals surface area contributed by atoms with Gasteiger partial charge in [-0.15, -0.1) is 0 Å². The van der Waals surface area contributed by atoms with Crippen molar-refractivity contribution in [3.63, 3.8) is 0 Å². The van der Waals surface area contributed by atoms with E-state index in [1.807, 2.05) is 38.6 Å². The van der Waals surface area contributed by atoms with E-state index in [1.165, 1.54) is 11.3 Å². The fraction of sp³-hybridized carbons (Fsp3) is 0.708. The highest BCUT2D eigenvalue weighted by molar-refractivity contribution is 5.24. The highest BCUT2D eigenvalue weighted by Gasteiger charge is 2.21. The maximum absolute atomic E-state index is 4.97. The number of hydrogen-bond acceptors (Lipinski definition) is 7. The second-order valence-electron chi connectivity index (χ2n) is 11.0. The van der Waals surface area contributed by atoms with Gasteiger partial charge in [-0.05, 0) is 31.7 Å². The van der Waals surface area contributed by atoms with Crippen LogP contribution in [0.5, 0.6) is 0 Å². The van der Waals surface area contributed by atoms with Crippen LogP contribution < -0.4 is 0 Å². The van der Waals surface area contributed by atoms with E-state index in [2.05, 4.69) is 80.8 Å². The minimum Gasteiger partial charge on any atom is -0.340 e. The summed E-state index contributed by atoms with van der Waals surface area (Å²) < 4.78 is 11.8. The van der Waals surface area contributed by atoms with Crippen molar-refractivity contribution in [2.24, 2.45) is 0 Å². The minimum atomic E-state index is -0.0265. The summed E-state index contributed by atoms with van der Waals surface area (Å²) in [6.07, 6.45) is 1.98. The Balaban J connectivity index is 0.000000241. The standard InChI is InChI=1S/C10H18N2.2C7H12N2O/c1-6-12-8(2)9(7-11-12)10(3,4)5;1-5-8-6(9-10-5)7(2,3)4;1-5-8-6(10-9-5)7(2,3)4/h7H,6H2,1-5H3;2*1-4H3. The van der Waals surface area contributed by atoms with Crippen LogP contribution in [0.3, 0.4) is 0 Å². The lowest BCUT2D eigenvalue weighted by molar-refractivity contribution is 0.319. The molecular formula is C24H42N6O2. The van der Waals surface area contributed by atoms with Crippen LogP contribution in [0.2, 0.25) is 0 Å². The molecule has 0 fully saturated rings. The third kappa shape index (κ3) is 8.20. The molecular weight excluding hydrogens is 404 g/mol. The zero-order valence-corrected chi connectivity index (χ0v) is 22.3. The molecule has 0 atom stereocenters. The first kappa shape index (κ1) is 27.5. The van der Waals surface area contributed by atoms with Crippen molar-refractivity contribution >= 4 is 0 Å². The Morgan fingerprint density at radius 3 is 1.59 bits per heavy atom. The Hall–Kier alpha value is -2.51. The summed E-state index contributed by atoms with van der Waals surface area (Å²) in [6, 6.07) is 0. The normalized spacial score (nSPS) is 12.0. The van der Waals surface area contributed by atoms with Crippen LogP contribution in [-0.4, -0.2) is 30.1 Å². The zero-order valence-electron chi connectivity index (χ0n) is 22.3. The Morgan fingerprint density at radius 2 is 1.38 bits per heavy atom. The molecule has 3 heterocycles. The van der Waals surface area contributed by atoms with Gasteiger partial charge in [0.2, 0.25) is 11.8 Å². The lowest BCUT2D eigenvalue weighted by atomic mass is 9.88. The SMILES string of the molecule is CCn1ncc(C(C)(C)C)c1C.Cc1nc(C(C)(C)C)no1.Cc1noc(C(C)(C)C)n1. The Kier molecular flexibility index (Phi) is 8.95. The molecule has 0 aliphatic carbocycles. The van der Waals surface area contributed by atoms with Gasteiger partial charge in [-0.2, -0.15) is 15.1 Å². The van der Waals surface area contributed by atoms with Crippen molar-refractivity contribution in [3.8, 4) is 0 Å². The molecule has 0 spiro atoms. The molecule has 32 heavy (non-hydrogen) atoms. The third-order valence-electron chi connectivity index (χ3n) is 4.58. The molecule has 180 valence electrons. The molecule has 3 aromatic heterocycles. The van der Waals surface area contributed by atoms with Gasteiger partial charge in [0.15, 0.2) is 11.6 Å². The van der Waals surface area contributed by atoms with Crippen molar-refractivity contribution in [2.75, 3.05) is 0 Å². The van der Waals surface area contributed by atoms with Gasteiger partial charge in [0.1, 0.15) is 0 Å². The molecule has 3 rings (SSSR count). The third-order valence-corrected chi connectivity index (χ3v) is 4.58. The molecule has 0 bridgehead atoms. The quantitative estimate of drug-likeness (QED) is 0.462. The summed E-state index contributed by atoms with van der Waals surface area (Å²) in [5.74, 6) is 2.80. The molecule has 0 amide bonds. The summed E-state index contributed by atoms with van der Waals surface area (Å²) in [5, 5.41) is 11.8. The van der Waals surface area contributed by atoms with Gasteiger partial charge in [0.05, 0.1) is 6.20 Å². The first-order valence-corrected chi connectivity index (χ1v) is 11.1. The molecule has 8 heteroatoms. The number of nitrogens with zero attached hydrogens (tertiary/aromatic N) is 6. The van der Waals surface area contributed by atoms with Gasteiger partial charge in [0.25, 0.3) is 0 Å². The number of hydrogen-bond donors (Lipinski definition) is 0. The molecule has 0 N–H and O–H groups in total. The lowest BCUT2D eigenvalue weighted by Gasteiger charge is -2.17. The van der Waals surface area contributed by atoms with E-state index in [9.17, 15) is 0 Å². The van der Waals surface area contributed by atoms with Gasteiger partial charge in [0, 0.05) is 30.0 Å². The smallest absolute Gasteiger partial charge is 0.232 e. The maximum Gasteiger partial charge on any atom is 0.232 e. The van der Waals surface area contributed by atoms with Gasteiger partial charge < -0.3 is 9.05 Å². The molecule has 0 unspecified atom stereocenters. The van der Waals surface area contributed by atoms with Gasteiger partial charge in [-0.25, -0.2) is 0 Å². The summed E-state index contributed by atoms with van der Waals surface area (Å²) in [5.41, 5.74) is 2.84. The van der Waals surface area contributed by atoms with E-state index in [1.54, 1.807) is 6.92 Å². The Bertz CT molecular complexity index is 912. The van der Waals surface area contributed by atoms with E-state index in [-0.39, 0.29) is 16.2 Å². The summed E-state index contributed by atoms with van der Waals surface area (Å²) in [7, 11) is 0. The highest BCUT2D eigenvalue weighted by Crippen LogP contribution is 2.24. The fourth-order valence-corrected chi connectivity index (χ4v) is 2.71. The molecule has 8 nitrogen and oxygen atoms in total. The molecule has 0 aliphatic rings. The highest BCUT2D eigenvalue weighted by atomic mass is 16.5. The average molecular weight is 447 g/mol. The Morgan fingerprint density at radius 1 is 0.781 bits per heavy atom. The van der Waals surface area contributed by atoms with Crippen molar-refractivity contribution in [3.05, 3.63) is 40.9 Å². The summed E-state index contributed by atoms with van der Waals surface area (Å²) in [4.78, 5) is 8.21. The van der Waals surface area contributed by atoms with Crippen LogP contribution in [0.15, 0.2) is 15.2 Å². The van der Waals surface area contributed by atoms with E-state index in [0.29, 0.717) is 17.6 Å². The predicted molar refractivity (Wildman–Crippen MR) is 127 cm³/mol. The van der Waals surface area contributed by atoms with Gasteiger partial charge >= 0.3 is 0 Å². The average Bonchev–Trinajstić information content (AvgIpc) is 3.34. The topological polar surface area (TPSA) is 95.7 Å². The van der Waals surface area contributed by atoms with Crippen molar-refractivity contribution in [1.29, 1.82) is 0 Å². The first-order chi connectivity index (χ1) is 14.5. The van der Waals surface area contributed by atoms with E-state index in [0.717, 1.165) is 12.4 Å². The summed E-state index contributed by atoms with van der Waals surface area (Å²) >= 11 is 0. The number of rotatable bonds is 1. The maximum atomic E-state index is 4.97. The molecule has 3 aromatic rings. The summed E-state index contributed by atoms with van der Waals surface area (Å²) in [6.45, 7) is 27.8. The first-order valence-electron chi connectivity index (χ1n) is 11.1. The van der Waals surface area contributed by atoms with Crippen LogP contribution in [0, 0.1) is 20.8 Å². The largest absolute Gasteiger partial charge is 0.340 e. The lowest BCUT2D eigenvalue weighted by Crippen LogP contribution is -2.13. The Labute approximate surface area is 193 Å². The van der Waals surface area contributed by atoms with E-state index in [4.69, 9.17) is 9.05 Å². The van der Waals surface area contributed by atoms with Crippen molar-refractivity contribution < 1.29 is 9.05 Å². The van der Waals surface area contributed by atoms with Crippen molar-refractivity contribution in [1.82, 2.24) is 30.1 Å². The number of aryl methyl sites for hydroxylation is 3. The van der Waals surface area contributed by atoms with Crippen LogP contribution in [0.25, 0.3) is 0 Å². The molecule has 0 aliphatic heterocycles. The van der Waals surface area contributed by atoms with E-state index >= 15 is 0 Å². The van der Waals surface area contributed by atoms with Crippen LogP contribution >= 0.6 is 0 Å².